The van der Waals surface area contributed by atoms with Gasteiger partial charge < -0.3 is 5.73 Å². The maximum Gasteiger partial charge on any atom is 0.333 e. The largest absolute Gasteiger partial charge is 0.399 e. The number of hydrogen-bond acceptors (Lipinski definition) is 2. The van der Waals surface area contributed by atoms with Crippen molar-refractivity contribution >= 4 is 29.0 Å². The third-order valence-corrected chi connectivity index (χ3v) is 1.80. The van der Waals surface area contributed by atoms with E-state index in [2.05, 4.69) is 5.10 Å². The monoisotopic (exact) mass is 219 g/mol. The second-order valence-corrected chi connectivity index (χ2v) is 2.69. The molecule has 0 aliphatic rings. The summed E-state index contributed by atoms with van der Waals surface area (Å²) >= 11 is 0. The van der Waals surface area contributed by atoms with E-state index in [1.165, 1.54) is 12.3 Å². The van der Waals surface area contributed by atoms with E-state index in [0.717, 1.165) is 0 Å². The van der Waals surface area contributed by atoms with Crippen molar-refractivity contribution in [2.45, 2.75) is 6.55 Å². The van der Waals surface area contributed by atoms with Crippen LogP contribution in [0.1, 0.15) is 6.55 Å². The zero-order chi connectivity index (χ0) is 9.42. The van der Waals surface area contributed by atoms with E-state index in [1.54, 1.807) is 12.1 Å². The Labute approximate surface area is 84.9 Å². The van der Waals surface area contributed by atoms with Crippen LogP contribution in [0, 0.1) is 0 Å². The molecule has 1 aromatic carbocycles. The van der Waals surface area contributed by atoms with Gasteiger partial charge in [0, 0.05) is 11.1 Å². The minimum atomic E-state index is -2.61. The molecule has 0 atom stereocenters. The maximum absolute atomic E-state index is 12.3. The molecule has 0 unspecified atom stereocenters. The molecule has 0 aliphatic heterocycles. The van der Waals surface area contributed by atoms with Crippen molar-refractivity contribution in [3.63, 3.8) is 0 Å². The van der Waals surface area contributed by atoms with Gasteiger partial charge in [-0.2, -0.15) is 13.9 Å². The highest BCUT2D eigenvalue weighted by molar-refractivity contribution is 5.85. The van der Waals surface area contributed by atoms with Crippen LogP contribution >= 0.6 is 12.4 Å². The normalized spacial score (nSPS) is 10.5. The quantitative estimate of drug-likeness (QED) is 0.749. The summed E-state index contributed by atoms with van der Waals surface area (Å²) in [7, 11) is 0. The SMILES string of the molecule is Cl.Nc1ccc2c(cnn2C(F)F)c1. The van der Waals surface area contributed by atoms with Crippen LogP contribution in [0.3, 0.4) is 0 Å². The molecule has 0 saturated heterocycles. The molecule has 1 heterocycles. The first kappa shape index (κ1) is 10.7. The number of rotatable bonds is 1. The first-order valence-corrected chi connectivity index (χ1v) is 3.69. The van der Waals surface area contributed by atoms with E-state index in [4.69, 9.17) is 5.73 Å². The van der Waals surface area contributed by atoms with Gasteiger partial charge >= 0.3 is 6.55 Å². The lowest BCUT2D eigenvalue weighted by Crippen LogP contribution is -1.99. The van der Waals surface area contributed by atoms with Crippen molar-refractivity contribution in [2.24, 2.45) is 0 Å². The van der Waals surface area contributed by atoms with Gasteiger partial charge in [0.2, 0.25) is 0 Å². The molecule has 0 bridgehead atoms. The van der Waals surface area contributed by atoms with Gasteiger partial charge in [-0.1, -0.05) is 0 Å². The first-order valence-electron chi connectivity index (χ1n) is 3.69. The number of aromatic nitrogens is 2. The minimum Gasteiger partial charge on any atom is -0.399 e. The lowest BCUT2D eigenvalue weighted by molar-refractivity contribution is 0.0615. The Morgan fingerprint density at radius 3 is 2.71 bits per heavy atom. The molecule has 0 amide bonds. The number of benzene rings is 1. The molecule has 6 heteroatoms. The number of nitrogen functional groups attached to an aromatic ring is 1. The summed E-state index contributed by atoms with van der Waals surface area (Å²) in [5, 5.41) is 4.17. The Hall–Kier alpha value is -1.36. The molecule has 76 valence electrons. The lowest BCUT2D eigenvalue weighted by Gasteiger charge is -2.00. The van der Waals surface area contributed by atoms with Crippen LogP contribution in [0.15, 0.2) is 24.4 Å². The van der Waals surface area contributed by atoms with Crippen LogP contribution in [0.2, 0.25) is 0 Å². The van der Waals surface area contributed by atoms with Crippen LogP contribution in [-0.4, -0.2) is 9.78 Å². The zero-order valence-corrected chi connectivity index (χ0v) is 7.84. The molecule has 1 aromatic heterocycles. The van der Waals surface area contributed by atoms with Crippen molar-refractivity contribution in [3.8, 4) is 0 Å². The number of nitrogens with zero attached hydrogens (tertiary/aromatic N) is 2. The van der Waals surface area contributed by atoms with E-state index in [-0.39, 0.29) is 12.4 Å². The Morgan fingerprint density at radius 1 is 1.36 bits per heavy atom. The Kier molecular flexibility index (Phi) is 2.90. The van der Waals surface area contributed by atoms with Gasteiger partial charge in [-0.3, -0.25) is 0 Å². The number of nitrogens with two attached hydrogens (primary N) is 1. The summed E-state index contributed by atoms with van der Waals surface area (Å²) in [5.41, 5.74) is 6.42. The Morgan fingerprint density at radius 2 is 2.07 bits per heavy atom. The highest BCUT2D eigenvalue weighted by atomic mass is 35.5. The van der Waals surface area contributed by atoms with Crippen molar-refractivity contribution in [1.29, 1.82) is 0 Å². The summed E-state index contributed by atoms with van der Waals surface area (Å²) in [6.45, 7) is -2.61. The van der Waals surface area contributed by atoms with Crippen LogP contribution in [-0.2, 0) is 0 Å². The third-order valence-electron chi connectivity index (χ3n) is 1.80. The van der Waals surface area contributed by atoms with Crippen molar-refractivity contribution < 1.29 is 8.78 Å². The second-order valence-electron chi connectivity index (χ2n) is 2.69. The lowest BCUT2D eigenvalue weighted by atomic mass is 10.2. The summed E-state index contributed by atoms with van der Waals surface area (Å²) < 4.78 is 25.3. The molecule has 3 nitrogen and oxygen atoms in total. The molecular formula is C8H8ClF2N3. The predicted octanol–water partition coefficient (Wildman–Crippen LogP) is 2.44. The van der Waals surface area contributed by atoms with E-state index < -0.39 is 6.55 Å². The summed E-state index contributed by atoms with van der Waals surface area (Å²) in [6.07, 6.45) is 1.37. The van der Waals surface area contributed by atoms with Crippen molar-refractivity contribution in [2.75, 3.05) is 5.73 Å². The van der Waals surface area contributed by atoms with E-state index in [9.17, 15) is 8.78 Å². The van der Waals surface area contributed by atoms with Gasteiger partial charge in [0.25, 0.3) is 0 Å². The topological polar surface area (TPSA) is 43.8 Å². The molecular weight excluding hydrogens is 212 g/mol. The van der Waals surface area contributed by atoms with Crippen LogP contribution in [0.25, 0.3) is 10.9 Å². The third kappa shape index (κ3) is 1.63. The Balaban J connectivity index is 0.000000980. The van der Waals surface area contributed by atoms with Crippen molar-refractivity contribution in [3.05, 3.63) is 24.4 Å². The molecule has 0 aliphatic carbocycles. The van der Waals surface area contributed by atoms with Gasteiger partial charge in [0.1, 0.15) is 0 Å². The number of anilines is 1. The maximum atomic E-state index is 12.3. The molecule has 2 rings (SSSR count). The molecule has 0 fully saturated rings. The Bertz CT molecular complexity index is 441. The summed E-state index contributed by atoms with van der Waals surface area (Å²) in [4.78, 5) is 0. The highest BCUT2D eigenvalue weighted by Crippen LogP contribution is 2.21. The molecule has 2 N–H and O–H groups in total. The van der Waals surface area contributed by atoms with Crippen LogP contribution < -0.4 is 5.73 Å². The van der Waals surface area contributed by atoms with E-state index in [0.29, 0.717) is 21.3 Å². The standard InChI is InChI=1S/C8H7F2N3.ClH/c9-8(10)13-7-2-1-6(11)3-5(7)4-12-13;/h1-4,8H,11H2;1H. The van der Waals surface area contributed by atoms with Gasteiger partial charge in [-0.05, 0) is 18.2 Å². The highest BCUT2D eigenvalue weighted by Gasteiger charge is 2.10. The van der Waals surface area contributed by atoms with E-state index in [1.807, 2.05) is 0 Å². The number of fused-ring (bicyclic) bond motifs is 1. The van der Waals surface area contributed by atoms with Crippen LogP contribution in [0.5, 0.6) is 0 Å². The fourth-order valence-electron chi connectivity index (χ4n) is 1.23. The van der Waals surface area contributed by atoms with Gasteiger partial charge in [-0.15, -0.1) is 12.4 Å². The molecule has 2 aromatic rings. The number of halogens is 3. The molecule has 14 heavy (non-hydrogen) atoms. The molecule has 0 saturated carbocycles. The zero-order valence-electron chi connectivity index (χ0n) is 7.02. The molecule has 0 radical (unpaired) electrons. The smallest absolute Gasteiger partial charge is 0.333 e. The first-order chi connectivity index (χ1) is 6.18. The van der Waals surface area contributed by atoms with Crippen molar-refractivity contribution in [1.82, 2.24) is 9.78 Å². The summed E-state index contributed by atoms with van der Waals surface area (Å²) in [5.74, 6) is 0. The minimum absolute atomic E-state index is 0. The van der Waals surface area contributed by atoms with E-state index >= 15 is 0 Å². The number of hydrogen-bond donors (Lipinski definition) is 1. The molecule has 0 spiro atoms. The van der Waals surface area contributed by atoms with Gasteiger partial charge in [0.15, 0.2) is 0 Å². The van der Waals surface area contributed by atoms with Crippen LogP contribution in [0.4, 0.5) is 14.5 Å². The van der Waals surface area contributed by atoms with Gasteiger partial charge in [-0.25, -0.2) is 4.68 Å². The second kappa shape index (κ2) is 3.79. The number of alkyl halides is 2. The average molecular weight is 220 g/mol. The predicted molar refractivity (Wildman–Crippen MR) is 52.6 cm³/mol. The fourth-order valence-corrected chi connectivity index (χ4v) is 1.23. The summed E-state index contributed by atoms with van der Waals surface area (Å²) in [6, 6.07) is 4.72. The van der Waals surface area contributed by atoms with Gasteiger partial charge in [0.05, 0.1) is 11.7 Å². The fraction of sp³-hybridized carbons (Fsp3) is 0.125. The average Bonchev–Trinajstić information content (AvgIpc) is 2.46.